The molecule has 7 nitrogen and oxygen atoms in total. The molecule has 2 amide bonds. The number of likely N-dealkylation sites (N-methyl/N-ethyl adjacent to an activating group) is 1. The molecule has 7 heteroatoms. The van der Waals surface area contributed by atoms with Crippen molar-refractivity contribution >= 4 is 17.6 Å². The smallest absolute Gasteiger partial charge is 0.254 e. The third kappa shape index (κ3) is 5.62. The van der Waals surface area contributed by atoms with Gasteiger partial charge in [0.05, 0.1) is 18.3 Å². The van der Waals surface area contributed by atoms with Gasteiger partial charge in [-0.2, -0.15) is 5.10 Å². The number of hydrogen-bond acceptors (Lipinski definition) is 4. The van der Waals surface area contributed by atoms with E-state index in [2.05, 4.69) is 26.1 Å². The number of nitrogens with one attached hydrogen (secondary N) is 1. The van der Waals surface area contributed by atoms with Gasteiger partial charge in [-0.15, -0.1) is 0 Å². The monoisotopic (exact) mass is 414 g/mol. The summed E-state index contributed by atoms with van der Waals surface area (Å²) in [7, 11) is 1.55. The van der Waals surface area contributed by atoms with Crippen molar-refractivity contribution in [3.05, 3.63) is 41.6 Å². The number of nitrogens with zero attached hydrogens (tertiary/aromatic N) is 3. The molecule has 0 radical (unpaired) electrons. The minimum absolute atomic E-state index is 0.0489. The van der Waals surface area contributed by atoms with E-state index in [9.17, 15) is 9.59 Å². The molecule has 2 rings (SSSR count). The van der Waals surface area contributed by atoms with Crippen molar-refractivity contribution < 1.29 is 14.3 Å². The molecular weight excluding hydrogens is 380 g/mol. The van der Waals surface area contributed by atoms with Gasteiger partial charge in [-0.25, -0.2) is 4.68 Å². The van der Waals surface area contributed by atoms with Crippen molar-refractivity contribution in [1.82, 2.24) is 14.7 Å². The Morgan fingerprint density at radius 3 is 2.33 bits per heavy atom. The normalized spacial score (nSPS) is 11.9. The summed E-state index contributed by atoms with van der Waals surface area (Å²) in [6.45, 7) is 14.6. The molecule has 1 N–H and O–H groups in total. The number of methoxy groups -OCH3 is 1. The number of ether oxygens (including phenoxy) is 1. The van der Waals surface area contributed by atoms with E-state index in [4.69, 9.17) is 9.84 Å². The van der Waals surface area contributed by atoms with Crippen LogP contribution >= 0.6 is 0 Å². The summed E-state index contributed by atoms with van der Waals surface area (Å²) in [5.41, 5.74) is 0.937. The van der Waals surface area contributed by atoms with Crippen molar-refractivity contribution in [2.45, 2.75) is 59.4 Å². The molecule has 1 aromatic carbocycles. The minimum atomic E-state index is -0.299. The van der Waals surface area contributed by atoms with Crippen molar-refractivity contribution in [1.29, 1.82) is 0 Å². The van der Waals surface area contributed by atoms with Crippen molar-refractivity contribution in [3.63, 3.8) is 0 Å². The van der Waals surface area contributed by atoms with Crippen molar-refractivity contribution in [2.75, 3.05) is 25.5 Å². The Morgan fingerprint density at radius 1 is 1.13 bits per heavy atom. The van der Waals surface area contributed by atoms with E-state index in [1.165, 1.54) is 4.90 Å². The summed E-state index contributed by atoms with van der Waals surface area (Å²) >= 11 is 0. The number of benzene rings is 1. The lowest BCUT2D eigenvalue weighted by Gasteiger charge is -2.24. The van der Waals surface area contributed by atoms with Crippen LogP contribution in [0.25, 0.3) is 0 Å². The predicted octanol–water partition coefficient (Wildman–Crippen LogP) is 4.05. The van der Waals surface area contributed by atoms with E-state index in [1.807, 2.05) is 38.4 Å². The first-order valence-corrected chi connectivity index (χ1v) is 10.2. The predicted molar refractivity (Wildman–Crippen MR) is 119 cm³/mol. The highest BCUT2D eigenvalue weighted by Crippen LogP contribution is 2.28. The van der Waals surface area contributed by atoms with Gasteiger partial charge in [0.15, 0.2) is 0 Å². The highest BCUT2D eigenvalue weighted by atomic mass is 16.5. The van der Waals surface area contributed by atoms with E-state index in [-0.39, 0.29) is 29.3 Å². The fourth-order valence-electron chi connectivity index (χ4n) is 2.97. The van der Waals surface area contributed by atoms with E-state index < -0.39 is 0 Å². The summed E-state index contributed by atoms with van der Waals surface area (Å²) in [6.07, 6.45) is 0. The lowest BCUT2D eigenvalue weighted by molar-refractivity contribution is -0.116. The molecule has 1 aromatic heterocycles. The summed E-state index contributed by atoms with van der Waals surface area (Å²) in [6, 6.07) is 8.84. The number of anilines is 1. The van der Waals surface area contributed by atoms with Crippen LogP contribution in [0.1, 0.15) is 64.5 Å². The van der Waals surface area contributed by atoms with E-state index in [1.54, 1.807) is 31.4 Å². The second kappa shape index (κ2) is 8.90. The molecule has 0 saturated heterocycles. The third-order valence-electron chi connectivity index (χ3n) is 4.70. The molecule has 0 saturated carbocycles. The number of carbonyl (C=O) groups excluding carboxylic acids is 2. The van der Waals surface area contributed by atoms with Gasteiger partial charge in [0.1, 0.15) is 18.1 Å². The molecule has 1 heterocycles. The minimum Gasteiger partial charge on any atom is -0.497 e. The van der Waals surface area contributed by atoms with Gasteiger partial charge in [0, 0.05) is 23.6 Å². The fourth-order valence-corrected chi connectivity index (χ4v) is 2.97. The Kier molecular flexibility index (Phi) is 6.95. The summed E-state index contributed by atoms with van der Waals surface area (Å²) in [5.74, 6) is 0.748. The summed E-state index contributed by atoms with van der Waals surface area (Å²) in [5, 5.41) is 7.66. The molecular formula is C23H34N4O3. The SMILES string of the molecule is CCN(CC(=O)Nc1cc(C(C)(C)C)nn1C(C)(C)C)C(=O)c1cccc(OC)c1. The second-order valence-electron chi connectivity index (χ2n) is 9.35. The quantitative estimate of drug-likeness (QED) is 0.774. The Morgan fingerprint density at radius 2 is 1.80 bits per heavy atom. The molecule has 0 aliphatic heterocycles. The van der Waals surface area contributed by atoms with Gasteiger partial charge in [0.2, 0.25) is 5.91 Å². The third-order valence-corrected chi connectivity index (χ3v) is 4.70. The molecule has 2 aromatic rings. The Bertz CT molecular complexity index is 904. The molecule has 0 atom stereocenters. The number of carbonyl (C=O) groups is 2. The molecule has 0 fully saturated rings. The molecule has 0 unspecified atom stereocenters. The van der Waals surface area contributed by atoms with Crippen molar-refractivity contribution in [3.8, 4) is 5.75 Å². The van der Waals surface area contributed by atoms with Gasteiger partial charge >= 0.3 is 0 Å². The molecule has 164 valence electrons. The zero-order valence-electron chi connectivity index (χ0n) is 19.4. The van der Waals surface area contributed by atoms with Crippen LogP contribution in [0, 0.1) is 0 Å². The van der Waals surface area contributed by atoms with Crippen LogP contribution in [0.4, 0.5) is 5.82 Å². The largest absolute Gasteiger partial charge is 0.497 e. The highest BCUT2D eigenvalue weighted by molar-refractivity contribution is 5.99. The van der Waals surface area contributed by atoms with Gasteiger partial charge in [0.25, 0.3) is 5.91 Å². The lowest BCUT2D eigenvalue weighted by Crippen LogP contribution is -2.38. The maximum absolute atomic E-state index is 12.9. The van der Waals surface area contributed by atoms with Gasteiger partial charge in [-0.05, 0) is 45.9 Å². The highest BCUT2D eigenvalue weighted by Gasteiger charge is 2.26. The number of aromatic nitrogens is 2. The molecule has 0 spiro atoms. The van der Waals surface area contributed by atoms with E-state index in [0.29, 0.717) is 23.7 Å². The zero-order valence-corrected chi connectivity index (χ0v) is 19.4. The number of rotatable bonds is 6. The van der Waals surface area contributed by atoms with Crippen LogP contribution in [0.15, 0.2) is 30.3 Å². The lowest BCUT2D eigenvalue weighted by atomic mass is 9.92. The first-order valence-electron chi connectivity index (χ1n) is 10.2. The maximum Gasteiger partial charge on any atom is 0.254 e. The van der Waals surface area contributed by atoms with Crippen LogP contribution in [-0.2, 0) is 15.7 Å². The first-order chi connectivity index (χ1) is 13.9. The summed E-state index contributed by atoms with van der Waals surface area (Å²) < 4.78 is 7.02. The average Bonchev–Trinajstić information content (AvgIpc) is 3.10. The molecule has 0 bridgehead atoms. The van der Waals surface area contributed by atoms with Gasteiger partial charge < -0.3 is 15.0 Å². The average molecular weight is 415 g/mol. The van der Waals surface area contributed by atoms with Crippen LogP contribution < -0.4 is 10.1 Å². The van der Waals surface area contributed by atoms with Crippen molar-refractivity contribution in [2.24, 2.45) is 0 Å². The van der Waals surface area contributed by atoms with Gasteiger partial charge in [-0.3, -0.25) is 9.59 Å². The topological polar surface area (TPSA) is 76.5 Å². The second-order valence-corrected chi connectivity index (χ2v) is 9.35. The first kappa shape index (κ1) is 23.4. The Hall–Kier alpha value is -2.83. The molecule has 30 heavy (non-hydrogen) atoms. The van der Waals surface area contributed by atoms with Crippen LogP contribution in [0.5, 0.6) is 5.75 Å². The zero-order chi connectivity index (χ0) is 22.7. The fraction of sp³-hybridized carbons (Fsp3) is 0.522. The van der Waals surface area contributed by atoms with E-state index >= 15 is 0 Å². The van der Waals surface area contributed by atoms with Crippen LogP contribution in [-0.4, -0.2) is 46.7 Å². The standard InChI is InChI=1S/C23H34N4O3/c1-9-26(21(29)16-11-10-12-17(13-16)30-8)15-20(28)24-19-14-18(22(2,3)4)25-27(19)23(5,6)7/h10-14H,9,15H2,1-8H3,(H,24,28). The van der Waals surface area contributed by atoms with Crippen LogP contribution in [0.2, 0.25) is 0 Å². The number of amides is 2. The van der Waals surface area contributed by atoms with E-state index in [0.717, 1.165) is 5.69 Å². The van der Waals surface area contributed by atoms with Gasteiger partial charge in [-0.1, -0.05) is 26.8 Å². The Balaban J connectivity index is 2.21. The Labute approximate surface area is 179 Å². The molecule has 0 aliphatic carbocycles. The maximum atomic E-state index is 12.9. The van der Waals surface area contributed by atoms with Crippen LogP contribution in [0.3, 0.4) is 0 Å². The number of hydrogen-bond donors (Lipinski definition) is 1. The summed E-state index contributed by atoms with van der Waals surface area (Å²) in [4.78, 5) is 27.2. The molecule has 0 aliphatic rings.